The minimum absolute atomic E-state index is 0.523. The Morgan fingerprint density at radius 1 is 1.25 bits per heavy atom. The van der Waals surface area contributed by atoms with E-state index in [-0.39, 0.29) is 0 Å². The smallest absolute Gasteiger partial charge is 0.193 e. The molecule has 1 aliphatic carbocycles. The van der Waals surface area contributed by atoms with Crippen molar-refractivity contribution in [1.29, 1.82) is 0 Å². The van der Waals surface area contributed by atoms with Gasteiger partial charge in [0, 0.05) is 33.8 Å². The predicted molar refractivity (Wildman–Crippen MR) is 86.3 cm³/mol. The van der Waals surface area contributed by atoms with Crippen LogP contribution in [0.3, 0.4) is 0 Å². The van der Waals surface area contributed by atoms with E-state index in [9.17, 15) is 0 Å². The van der Waals surface area contributed by atoms with Crippen molar-refractivity contribution in [3.63, 3.8) is 0 Å². The second kappa shape index (κ2) is 11.0. The SMILES string of the molecule is CCCCN(C)C(=NC)NCCCOC1CCCCC1. The van der Waals surface area contributed by atoms with E-state index in [0.29, 0.717) is 6.10 Å². The summed E-state index contributed by atoms with van der Waals surface area (Å²) in [5.41, 5.74) is 0. The van der Waals surface area contributed by atoms with Crippen LogP contribution in [-0.2, 0) is 4.74 Å². The summed E-state index contributed by atoms with van der Waals surface area (Å²) >= 11 is 0. The molecule has 0 amide bonds. The zero-order valence-corrected chi connectivity index (χ0v) is 13.7. The molecule has 0 aromatic rings. The van der Waals surface area contributed by atoms with Gasteiger partial charge in [-0.15, -0.1) is 0 Å². The molecule has 1 rings (SSSR count). The number of nitrogens with zero attached hydrogens (tertiary/aromatic N) is 2. The Kier molecular flexibility index (Phi) is 9.46. The van der Waals surface area contributed by atoms with Gasteiger partial charge in [0.15, 0.2) is 5.96 Å². The second-order valence-corrected chi connectivity index (χ2v) is 5.73. The highest BCUT2D eigenvalue weighted by Gasteiger charge is 2.13. The Bertz CT molecular complexity index is 262. The molecule has 1 aliphatic rings. The van der Waals surface area contributed by atoms with Crippen molar-refractivity contribution < 1.29 is 4.74 Å². The molecule has 118 valence electrons. The summed E-state index contributed by atoms with van der Waals surface area (Å²) in [5, 5.41) is 3.41. The average Bonchev–Trinajstić information content (AvgIpc) is 2.49. The maximum Gasteiger partial charge on any atom is 0.193 e. The lowest BCUT2D eigenvalue weighted by molar-refractivity contribution is 0.0276. The minimum Gasteiger partial charge on any atom is -0.378 e. The van der Waals surface area contributed by atoms with Gasteiger partial charge in [-0.3, -0.25) is 4.99 Å². The summed E-state index contributed by atoms with van der Waals surface area (Å²) in [6.07, 6.45) is 10.6. The minimum atomic E-state index is 0.523. The zero-order chi connectivity index (χ0) is 14.6. The van der Waals surface area contributed by atoms with Crippen LogP contribution in [0.4, 0.5) is 0 Å². The van der Waals surface area contributed by atoms with E-state index in [1.54, 1.807) is 0 Å². The topological polar surface area (TPSA) is 36.9 Å². The van der Waals surface area contributed by atoms with Crippen LogP contribution in [0, 0.1) is 0 Å². The molecule has 0 unspecified atom stereocenters. The van der Waals surface area contributed by atoms with Crippen LogP contribution >= 0.6 is 0 Å². The molecule has 0 atom stereocenters. The maximum absolute atomic E-state index is 5.93. The molecular weight excluding hydrogens is 250 g/mol. The Morgan fingerprint density at radius 2 is 2.00 bits per heavy atom. The first-order valence-electron chi connectivity index (χ1n) is 8.31. The lowest BCUT2D eigenvalue weighted by atomic mass is 9.98. The average molecular weight is 283 g/mol. The summed E-state index contributed by atoms with van der Waals surface area (Å²) in [7, 11) is 3.95. The van der Waals surface area contributed by atoms with Crippen LogP contribution in [0.1, 0.15) is 58.3 Å². The number of unbranched alkanes of at least 4 members (excludes halogenated alkanes) is 1. The van der Waals surface area contributed by atoms with Gasteiger partial charge in [0.2, 0.25) is 0 Å². The van der Waals surface area contributed by atoms with E-state index in [4.69, 9.17) is 4.74 Å². The van der Waals surface area contributed by atoms with Crippen molar-refractivity contribution in [2.24, 2.45) is 4.99 Å². The highest BCUT2D eigenvalue weighted by Crippen LogP contribution is 2.20. The second-order valence-electron chi connectivity index (χ2n) is 5.73. The molecule has 0 spiro atoms. The molecule has 0 heterocycles. The quantitative estimate of drug-likeness (QED) is 0.422. The highest BCUT2D eigenvalue weighted by atomic mass is 16.5. The third kappa shape index (κ3) is 7.13. The summed E-state index contributed by atoms with van der Waals surface area (Å²) in [5.74, 6) is 0.996. The molecule has 0 radical (unpaired) electrons. The van der Waals surface area contributed by atoms with E-state index in [2.05, 4.69) is 29.2 Å². The first-order chi connectivity index (χ1) is 9.77. The van der Waals surface area contributed by atoms with Crippen LogP contribution in [-0.4, -0.2) is 50.8 Å². The van der Waals surface area contributed by atoms with Crippen LogP contribution < -0.4 is 5.32 Å². The third-order valence-corrected chi connectivity index (χ3v) is 3.93. The molecule has 4 heteroatoms. The predicted octanol–water partition coefficient (Wildman–Crippen LogP) is 3.03. The van der Waals surface area contributed by atoms with Gasteiger partial charge in [0.1, 0.15) is 0 Å². The van der Waals surface area contributed by atoms with E-state index in [1.807, 2.05) is 7.05 Å². The Morgan fingerprint density at radius 3 is 2.65 bits per heavy atom. The molecule has 1 N–H and O–H groups in total. The lowest BCUT2D eigenvalue weighted by Crippen LogP contribution is -2.40. The van der Waals surface area contributed by atoms with Crippen molar-refractivity contribution in [2.45, 2.75) is 64.4 Å². The van der Waals surface area contributed by atoms with E-state index in [1.165, 1.54) is 44.9 Å². The molecular formula is C16H33N3O. The lowest BCUT2D eigenvalue weighted by Gasteiger charge is -2.23. The summed E-state index contributed by atoms with van der Waals surface area (Å²) in [4.78, 5) is 6.52. The zero-order valence-electron chi connectivity index (χ0n) is 13.7. The molecule has 0 aromatic heterocycles. The van der Waals surface area contributed by atoms with Gasteiger partial charge in [-0.05, 0) is 25.7 Å². The number of ether oxygens (including phenoxy) is 1. The number of nitrogens with one attached hydrogen (secondary N) is 1. The summed E-state index contributed by atoms with van der Waals surface area (Å²) < 4.78 is 5.93. The monoisotopic (exact) mass is 283 g/mol. The van der Waals surface area contributed by atoms with E-state index < -0.39 is 0 Å². The van der Waals surface area contributed by atoms with Crippen molar-refractivity contribution in [1.82, 2.24) is 10.2 Å². The van der Waals surface area contributed by atoms with Crippen LogP contribution in [0.15, 0.2) is 4.99 Å². The largest absolute Gasteiger partial charge is 0.378 e. The van der Waals surface area contributed by atoms with E-state index >= 15 is 0 Å². The molecule has 0 bridgehead atoms. The van der Waals surface area contributed by atoms with Crippen molar-refractivity contribution in [2.75, 3.05) is 33.8 Å². The Labute approximate surface area is 125 Å². The van der Waals surface area contributed by atoms with Gasteiger partial charge >= 0.3 is 0 Å². The van der Waals surface area contributed by atoms with Gasteiger partial charge in [-0.25, -0.2) is 0 Å². The number of rotatable bonds is 8. The van der Waals surface area contributed by atoms with Crippen LogP contribution in [0.2, 0.25) is 0 Å². The number of hydrogen-bond donors (Lipinski definition) is 1. The van der Waals surface area contributed by atoms with E-state index in [0.717, 1.165) is 32.1 Å². The highest BCUT2D eigenvalue weighted by molar-refractivity contribution is 5.79. The fourth-order valence-electron chi connectivity index (χ4n) is 2.64. The van der Waals surface area contributed by atoms with Crippen molar-refractivity contribution >= 4 is 5.96 Å². The molecule has 1 saturated carbocycles. The normalized spacial score (nSPS) is 17.2. The van der Waals surface area contributed by atoms with Crippen molar-refractivity contribution in [3.05, 3.63) is 0 Å². The van der Waals surface area contributed by atoms with Gasteiger partial charge < -0.3 is 15.0 Å². The van der Waals surface area contributed by atoms with Crippen LogP contribution in [0.25, 0.3) is 0 Å². The van der Waals surface area contributed by atoms with Crippen molar-refractivity contribution in [3.8, 4) is 0 Å². The number of hydrogen-bond acceptors (Lipinski definition) is 2. The first kappa shape index (κ1) is 17.3. The number of guanidine groups is 1. The van der Waals surface area contributed by atoms with Gasteiger partial charge in [-0.2, -0.15) is 0 Å². The molecule has 20 heavy (non-hydrogen) atoms. The van der Waals surface area contributed by atoms with Gasteiger partial charge in [0.05, 0.1) is 6.10 Å². The molecule has 1 fully saturated rings. The van der Waals surface area contributed by atoms with Gasteiger partial charge in [0.25, 0.3) is 0 Å². The van der Waals surface area contributed by atoms with Gasteiger partial charge in [-0.1, -0.05) is 32.6 Å². The standard InChI is InChI=1S/C16H33N3O/c1-4-5-13-19(3)16(17-2)18-12-9-14-20-15-10-7-6-8-11-15/h15H,4-14H2,1-3H3,(H,17,18). The maximum atomic E-state index is 5.93. The fraction of sp³-hybridized carbons (Fsp3) is 0.938. The first-order valence-corrected chi connectivity index (χ1v) is 8.31. The number of aliphatic imine (C=N–C) groups is 1. The third-order valence-electron chi connectivity index (χ3n) is 3.93. The molecule has 4 nitrogen and oxygen atoms in total. The summed E-state index contributed by atoms with van der Waals surface area (Å²) in [6.45, 7) is 5.09. The molecule has 0 aromatic carbocycles. The molecule has 0 saturated heterocycles. The Balaban J connectivity index is 2.06. The van der Waals surface area contributed by atoms with Crippen LogP contribution in [0.5, 0.6) is 0 Å². The molecule has 0 aliphatic heterocycles. The fourth-order valence-corrected chi connectivity index (χ4v) is 2.64. The summed E-state index contributed by atoms with van der Waals surface area (Å²) in [6, 6.07) is 0. The Hall–Kier alpha value is -0.770.